The highest BCUT2D eigenvalue weighted by atomic mass is 16.6. The molecule has 0 heterocycles. The van der Waals surface area contributed by atoms with Crippen molar-refractivity contribution in [2.45, 2.75) is 13.5 Å². The van der Waals surface area contributed by atoms with Gasteiger partial charge >= 0.3 is 11.7 Å². The van der Waals surface area contributed by atoms with Crippen molar-refractivity contribution in [3.05, 3.63) is 69.3 Å². The third-order valence-corrected chi connectivity index (χ3v) is 3.51. The van der Waals surface area contributed by atoms with Gasteiger partial charge in [-0.25, -0.2) is 0 Å². The molecule has 26 heavy (non-hydrogen) atoms. The molecular formula is C18H18N2O6. The highest BCUT2D eigenvalue weighted by Gasteiger charge is 2.18. The minimum atomic E-state index is -0.647. The fraction of sp³-hybridized carbons (Fsp3) is 0.222. The van der Waals surface area contributed by atoms with Gasteiger partial charge < -0.3 is 14.8 Å². The maximum atomic E-state index is 12.1. The maximum absolute atomic E-state index is 12.1. The number of nitrogens with one attached hydrogen (secondary N) is 1. The number of carbonyl (C=O) groups is 2. The Morgan fingerprint density at radius 2 is 1.96 bits per heavy atom. The summed E-state index contributed by atoms with van der Waals surface area (Å²) in [5.41, 5.74) is 1.61. The molecule has 2 aromatic carbocycles. The van der Waals surface area contributed by atoms with Gasteiger partial charge in [0.15, 0.2) is 5.75 Å². The van der Waals surface area contributed by atoms with Crippen LogP contribution in [-0.2, 0) is 16.1 Å². The van der Waals surface area contributed by atoms with Crippen LogP contribution in [0.3, 0.4) is 0 Å². The molecule has 0 saturated heterocycles. The average Bonchev–Trinajstić information content (AvgIpc) is 2.63. The molecule has 0 aliphatic carbocycles. The monoisotopic (exact) mass is 358 g/mol. The van der Waals surface area contributed by atoms with Crippen LogP contribution in [0.1, 0.15) is 21.5 Å². The lowest BCUT2D eigenvalue weighted by atomic mass is 10.1. The van der Waals surface area contributed by atoms with Gasteiger partial charge in [0, 0.05) is 11.6 Å². The third kappa shape index (κ3) is 5.04. The Kier molecular flexibility index (Phi) is 6.26. The van der Waals surface area contributed by atoms with Gasteiger partial charge in [0.25, 0.3) is 5.91 Å². The van der Waals surface area contributed by atoms with E-state index in [0.29, 0.717) is 0 Å². The Morgan fingerprint density at radius 1 is 1.19 bits per heavy atom. The summed E-state index contributed by atoms with van der Waals surface area (Å²) in [6, 6.07) is 11.3. The van der Waals surface area contributed by atoms with Crippen LogP contribution < -0.4 is 10.1 Å². The van der Waals surface area contributed by atoms with E-state index in [-0.39, 0.29) is 30.2 Å². The van der Waals surface area contributed by atoms with Crippen LogP contribution in [0.15, 0.2) is 42.5 Å². The predicted octanol–water partition coefficient (Wildman–Crippen LogP) is 2.39. The Balaban J connectivity index is 1.90. The second-order valence-electron chi connectivity index (χ2n) is 5.48. The second-order valence-corrected chi connectivity index (χ2v) is 5.48. The van der Waals surface area contributed by atoms with E-state index in [9.17, 15) is 19.7 Å². The number of esters is 1. The highest BCUT2D eigenvalue weighted by molar-refractivity contribution is 5.96. The molecule has 1 N–H and O–H groups in total. The summed E-state index contributed by atoms with van der Waals surface area (Å²) in [5, 5.41) is 13.4. The summed E-state index contributed by atoms with van der Waals surface area (Å²) < 4.78 is 9.96. The third-order valence-electron chi connectivity index (χ3n) is 3.51. The Morgan fingerprint density at radius 3 is 2.62 bits per heavy atom. The number of aryl methyl sites for hydroxylation is 1. The molecule has 0 saturated carbocycles. The maximum Gasteiger partial charge on any atom is 0.325 e. The molecule has 0 atom stereocenters. The zero-order valence-corrected chi connectivity index (χ0v) is 14.4. The van der Waals surface area contributed by atoms with E-state index in [1.807, 2.05) is 31.2 Å². The zero-order valence-electron chi connectivity index (χ0n) is 14.4. The summed E-state index contributed by atoms with van der Waals surface area (Å²) in [4.78, 5) is 34.1. The van der Waals surface area contributed by atoms with Crippen LogP contribution in [0.4, 0.5) is 5.69 Å². The molecule has 0 aliphatic heterocycles. The summed E-state index contributed by atoms with van der Waals surface area (Å²) in [5.74, 6) is -1.18. The minimum Gasteiger partial charge on any atom is -0.490 e. The fourth-order valence-electron chi connectivity index (χ4n) is 2.25. The number of carbonyl (C=O) groups excluding carboxylic acids is 2. The van der Waals surface area contributed by atoms with Crippen molar-refractivity contribution in [2.75, 3.05) is 13.7 Å². The van der Waals surface area contributed by atoms with Gasteiger partial charge in [-0.05, 0) is 24.6 Å². The van der Waals surface area contributed by atoms with Gasteiger partial charge in [-0.3, -0.25) is 19.7 Å². The van der Waals surface area contributed by atoms with Gasteiger partial charge in [-0.1, -0.05) is 29.8 Å². The first-order valence-corrected chi connectivity index (χ1v) is 7.72. The summed E-state index contributed by atoms with van der Waals surface area (Å²) in [6.45, 7) is 1.69. The van der Waals surface area contributed by atoms with Crippen molar-refractivity contribution in [1.82, 2.24) is 5.32 Å². The van der Waals surface area contributed by atoms with E-state index in [4.69, 9.17) is 9.47 Å². The average molecular weight is 358 g/mol. The molecule has 2 rings (SSSR count). The van der Waals surface area contributed by atoms with Gasteiger partial charge in [-0.2, -0.15) is 0 Å². The SMILES string of the molecule is COc1ccc(C(=O)NCC(=O)OCc2cccc(C)c2)cc1[N+](=O)[O-]. The standard InChI is InChI=1S/C18H18N2O6/c1-12-4-3-5-13(8-12)11-26-17(21)10-19-18(22)14-6-7-16(25-2)15(9-14)20(23)24/h3-9H,10-11H2,1-2H3,(H,19,22). The predicted molar refractivity (Wildman–Crippen MR) is 93.0 cm³/mol. The Hall–Kier alpha value is -3.42. The van der Waals surface area contributed by atoms with Crippen molar-refractivity contribution in [3.63, 3.8) is 0 Å². The van der Waals surface area contributed by atoms with Gasteiger partial charge in [0.2, 0.25) is 0 Å². The van der Waals surface area contributed by atoms with Gasteiger partial charge in [0.05, 0.1) is 12.0 Å². The molecule has 0 bridgehead atoms. The topological polar surface area (TPSA) is 108 Å². The molecule has 136 valence electrons. The van der Waals surface area contributed by atoms with Crippen molar-refractivity contribution in [1.29, 1.82) is 0 Å². The summed E-state index contributed by atoms with van der Waals surface area (Å²) >= 11 is 0. The quantitative estimate of drug-likeness (QED) is 0.462. The van der Waals surface area contributed by atoms with Gasteiger partial charge in [-0.15, -0.1) is 0 Å². The number of nitro benzene ring substituents is 1. The van der Waals surface area contributed by atoms with E-state index in [2.05, 4.69) is 5.32 Å². The summed E-state index contributed by atoms with van der Waals surface area (Å²) in [6.07, 6.45) is 0. The molecule has 8 heteroatoms. The lowest BCUT2D eigenvalue weighted by Crippen LogP contribution is -2.30. The zero-order chi connectivity index (χ0) is 19.1. The largest absolute Gasteiger partial charge is 0.490 e. The van der Waals surface area contributed by atoms with E-state index in [1.54, 1.807) is 0 Å². The number of benzene rings is 2. The number of hydrogen-bond donors (Lipinski definition) is 1. The lowest BCUT2D eigenvalue weighted by Gasteiger charge is -2.08. The normalized spacial score (nSPS) is 10.1. The van der Waals surface area contributed by atoms with E-state index < -0.39 is 16.8 Å². The number of nitro groups is 1. The second kappa shape index (κ2) is 8.61. The first-order chi connectivity index (χ1) is 12.4. The van der Waals surface area contributed by atoms with Crippen molar-refractivity contribution in [2.24, 2.45) is 0 Å². The molecule has 0 aliphatic rings. The number of amides is 1. The van der Waals surface area contributed by atoms with Crippen LogP contribution in [0.5, 0.6) is 5.75 Å². The van der Waals surface area contributed by atoms with Gasteiger partial charge in [0.1, 0.15) is 13.2 Å². The van der Waals surface area contributed by atoms with E-state index in [0.717, 1.165) is 17.2 Å². The van der Waals surface area contributed by atoms with Crippen LogP contribution in [-0.4, -0.2) is 30.5 Å². The number of rotatable bonds is 7. The summed E-state index contributed by atoms with van der Waals surface area (Å²) in [7, 11) is 1.30. The molecule has 8 nitrogen and oxygen atoms in total. The van der Waals surface area contributed by atoms with Crippen molar-refractivity contribution in [3.8, 4) is 5.75 Å². The molecule has 0 spiro atoms. The van der Waals surface area contributed by atoms with Crippen molar-refractivity contribution >= 4 is 17.6 Å². The number of hydrogen-bond acceptors (Lipinski definition) is 6. The van der Waals surface area contributed by atoms with Crippen LogP contribution in [0.2, 0.25) is 0 Å². The number of ether oxygens (including phenoxy) is 2. The first-order valence-electron chi connectivity index (χ1n) is 7.72. The molecule has 0 fully saturated rings. The molecular weight excluding hydrogens is 340 g/mol. The highest BCUT2D eigenvalue weighted by Crippen LogP contribution is 2.27. The molecule has 0 unspecified atom stereocenters. The first kappa shape index (κ1) is 18.9. The smallest absolute Gasteiger partial charge is 0.325 e. The fourth-order valence-corrected chi connectivity index (χ4v) is 2.25. The van der Waals surface area contributed by atoms with Crippen molar-refractivity contribution < 1.29 is 24.0 Å². The molecule has 1 amide bonds. The molecule has 0 radical (unpaired) electrons. The van der Waals surface area contributed by atoms with Crippen LogP contribution in [0, 0.1) is 17.0 Å². The van der Waals surface area contributed by atoms with E-state index >= 15 is 0 Å². The van der Waals surface area contributed by atoms with E-state index in [1.165, 1.54) is 19.2 Å². The minimum absolute atomic E-state index is 0.0454. The Bertz CT molecular complexity index is 834. The lowest BCUT2D eigenvalue weighted by molar-refractivity contribution is -0.385. The number of nitrogens with zero attached hydrogens (tertiary/aromatic N) is 1. The molecule has 2 aromatic rings. The molecule has 0 aromatic heterocycles. The van der Waals surface area contributed by atoms with Crippen LogP contribution >= 0.6 is 0 Å². The Labute approximate surface area is 149 Å². The number of methoxy groups -OCH3 is 1. The van der Waals surface area contributed by atoms with Crippen LogP contribution in [0.25, 0.3) is 0 Å².